The maximum atomic E-state index is 11.9. The largest absolute Gasteiger partial charge is 0.444 e. The Bertz CT molecular complexity index is 304. The molecule has 1 aliphatic rings. The van der Waals surface area contributed by atoms with E-state index in [0.29, 0.717) is 13.1 Å². The normalized spacial score (nSPS) is 19.1. The minimum absolute atomic E-state index is 0.115. The molecule has 0 aromatic heterocycles. The van der Waals surface area contributed by atoms with Gasteiger partial charge in [0, 0.05) is 32.1 Å². The summed E-state index contributed by atoms with van der Waals surface area (Å²) in [5.41, 5.74) is -0.437. The van der Waals surface area contributed by atoms with Crippen molar-refractivity contribution in [1.29, 1.82) is 0 Å². The number of amides is 1. The van der Waals surface area contributed by atoms with Crippen molar-refractivity contribution in [2.24, 2.45) is 5.92 Å². The highest BCUT2D eigenvalue weighted by Crippen LogP contribution is 2.12. The van der Waals surface area contributed by atoms with E-state index in [1.807, 2.05) is 27.7 Å². The number of carbonyl (C=O) groups is 2. The number of ether oxygens (including phenoxy) is 1. The van der Waals surface area contributed by atoms with Gasteiger partial charge in [0.2, 0.25) is 0 Å². The molecule has 0 radical (unpaired) electrons. The molecule has 1 rings (SSSR count). The van der Waals surface area contributed by atoms with Crippen LogP contribution >= 0.6 is 0 Å². The Balaban J connectivity index is 2.28. The molecule has 0 bridgehead atoms. The Labute approximate surface area is 115 Å². The molecule has 0 aromatic carbocycles. The molecule has 0 N–H and O–H groups in total. The molecule has 19 heavy (non-hydrogen) atoms. The van der Waals surface area contributed by atoms with Gasteiger partial charge in [0.25, 0.3) is 0 Å². The molecular weight excluding hydrogens is 244 g/mol. The van der Waals surface area contributed by atoms with Crippen LogP contribution in [0.4, 0.5) is 4.79 Å². The second kappa shape index (κ2) is 6.89. The van der Waals surface area contributed by atoms with Gasteiger partial charge in [0.05, 0.1) is 0 Å². The quantitative estimate of drug-likeness (QED) is 0.730. The van der Waals surface area contributed by atoms with Crippen LogP contribution in [0, 0.1) is 5.92 Å². The third kappa shape index (κ3) is 6.05. The Kier molecular flexibility index (Phi) is 5.79. The number of piperazine rings is 1. The summed E-state index contributed by atoms with van der Waals surface area (Å²) in [6.45, 7) is 11.6. The lowest BCUT2D eigenvalue weighted by Crippen LogP contribution is -2.50. The van der Waals surface area contributed by atoms with Crippen LogP contribution in [-0.2, 0) is 9.53 Å². The molecule has 0 aliphatic carbocycles. The predicted molar refractivity (Wildman–Crippen MR) is 74.1 cm³/mol. The van der Waals surface area contributed by atoms with Crippen LogP contribution in [0.1, 0.15) is 34.1 Å². The van der Waals surface area contributed by atoms with Gasteiger partial charge in [0.15, 0.2) is 0 Å². The standard InChI is InChI=1S/C14H26N2O3/c1-12(11-17)5-6-15-7-9-16(10-8-15)13(18)19-14(2,3)4/h11-12H,5-10H2,1-4H3. The van der Waals surface area contributed by atoms with Gasteiger partial charge in [-0.1, -0.05) is 6.92 Å². The van der Waals surface area contributed by atoms with Crippen molar-refractivity contribution in [1.82, 2.24) is 9.80 Å². The maximum Gasteiger partial charge on any atom is 0.410 e. The number of hydrogen-bond acceptors (Lipinski definition) is 4. The summed E-state index contributed by atoms with van der Waals surface area (Å²) < 4.78 is 5.35. The zero-order chi connectivity index (χ0) is 14.5. The topological polar surface area (TPSA) is 49.9 Å². The van der Waals surface area contributed by atoms with E-state index in [4.69, 9.17) is 4.74 Å². The summed E-state index contributed by atoms with van der Waals surface area (Å²) >= 11 is 0. The van der Waals surface area contributed by atoms with Crippen molar-refractivity contribution in [2.45, 2.75) is 39.7 Å². The first-order chi connectivity index (χ1) is 8.81. The van der Waals surface area contributed by atoms with E-state index < -0.39 is 5.60 Å². The van der Waals surface area contributed by atoms with Crippen molar-refractivity contribution in [3.8, 4) is 0 Å². The van der Waals surface area contributed by atoms with E-state index in [9.17, 15) is 9.59 Å². The Morgan fingerprint density at radius 3 is 2.32 bits per heavy atom. The van der Waals surface area contributed by atoms with Crippen LogP contribution in [0.2, 0.25) is 0 Å². The lowest BCUT2D eigenvalue weighted by atomic mass is 10.1. The minimum atomic E-state index is -0.437. The molecule has 1 atom stereocenters. The molecule has 5 heteroatoms. The summed E-state index contributed by atoms with van der Waals surface area (Å²) in [4.78, 5) is 26.5. The number of aldehydes is 1. The summed E-state index contributed by atoms with van der Waals surface area (Å²) in [6, 6.07) is 0. The van der Waals surface area contributed by atoms with Gasteiger partial charge in [-0.2, -0.15) is 0 Å². The maximum absolute atomic E-state index is 11.9. The Hall–Kier alpha value is -1.10. The fraction of sp³-hybridized carbons (Fsp3) is 0.857. The molecule has 110 valence electrons. The number of hydrogen-bond donors (Lipinski definition) is 0. The third-order valence-electron chi connectivity index (χ3n) is 3.16. The van der Waals surface area contributed by atoms with Gasteiger partial charge >= 0.3 is 6.09 Å². The lowest BCUT2D eigenvalue weighted by molar-refractivity contribution is -0.110. The van der Waals surface area contributed by atoms with Crippen LogP contribution < -0.4 is 0 Å². The molecule has 0 spiro atoms. The van der Waals surface area contributed by atoms with E-state index >= 15 is 0 Å². The van der Waals surface area contributed by atoms with E-state index in [0.717, 1.165) is 32.3 Å². The van der Waals surface area contributed by atoms with Gasteiger partial charge in [-0.05, 0) is 33.7 Å². The Morgan fingerprint density at radius 1 is 1.26 bits per heavy atom. The molecule has 5 nitrogen and oxygen atoms in total. The first kappa shape index (κ1) is 16.0. The van der Waals surface area contributed by atoms with Gasteiger partial charge in [-0.25, -0.2) is 4.79 Å². The monoisotopic (exact) mass is 270 g/mol. The summed E-state index contributed by atoms with van der Waals surface area (Å²) in [6.07, 6.45) is 1.65. The average Bonchev–Trinajstić information content (AvgIpc) is 2.34. The zero-order valence-electron chi connectivity index (χ0n) is 12.5. The summed E-state index contributed by atoms with van der Waals surface area (Å²) in [5, 5.41) is 0. The molecular formula is C14H26N2O3. The number of nitrogens with zero attached hydrogens (tertiary/aromatic N) is 2. The van der Waals surface area contributed by atoms with Gasteiger partial charge in [-0.3, -0.25) is 4.90 Å². The van der Waals surface area contributed by atoms with E-state index in [2.05, 4.69) is 4.90 Å². The average molecular weight is 270 g/mol. The molecule has 0 aromatic rings. The fourth-order valence-electron chi connectivity index (χ4n) is 1.93. The van der Waals surface area contributed by atoms with Crippen molar-refractivity contribution in [3.63, 3.8) is 0 Å². The molecule has 1 heterocycles. The number of rotatable bonds is 4. The molecule has 1 saturated heterocycles. The highest BCUT2D eigenvalue weighted by molar-refractivity contribution is 5.68. The third-order valence-corrected chi connectivity index (χ3v) is 3.16. The minimum Gasteiger partial charge on any atom is -0.444 e. The molecule has 1 fully saturated rings. The second-order valence-electron chi connectivity index (χ2n) is 6.21. The summed E-state index contributed by atoms with van der Waals surface area (Å²) in [5.74, 6) is 0.115. The fourth-order valence-corrected chi connectivity index (χ4v) is 1.93. The van der Waals surface area contributed by atoms with Crippen LogP contribution in [0.3, 0.4) is 0 Å². The molecule has 1 aliphatic heterocycles. The Morgan fingerprint density at radius 2 is 1.84 bits per heavy atom. The summed E-state index contributed by atoms with van der Waals surface area (Å²) in [7, 11) is 0. The van der Waals surface area contributed by atoms with Gasteiger partial charge < -0.3 is 14.4 Å². The second-order valence-corrected chi connectivity index (χ2v) is 6.21. The van der Waals surface area contributed by atoms with Gasteiger partial charge in [-0.15, -0.1) is 0 Å². The highest BCUT2D eigenvalue weighted by atomic mass is 16.6. The van der Waals surface area contributed by atoms with Crippen LogP contribution in [0.25, 0.3) is 0 Å². The molecule has 0 saturated carbocycles. The van der Waals surface area contributed by atoms with Crippen molar-refractivity contribution in [2.75, 3.05) is 32.7 Å². The van der Waals surface area contributed by atoms with E-state index in [1.165, 1.54) is 0 Å². The SMILES string of the molecule is CC(C=O)CCN1CCN(C(=O)OC(C)(C)C)CC1. The van der Waals surface area contributed by atoms with Crippen LogP contribution in [0.5, 0.6) is 0 Å². The van der Waals surface area contributed by atoms with Gasteiger partial charge in [0.1, 0.15) is 11.9 Å². The first-order valence-corrected chi connectivity index (χ1v) is 6.97. The molecule has 1 unspecified atom stereocenters. The zero-order valence-corrected chi connectivity index (χ0v) is 12.5. The lowest BCUT2D eigenvalue weighted by Gasteiger charge is -2.35. The van der Waals surface area contributed by atoms with Crippen LogP contribution in [-0.4, -0.2) is 60.5 Å². The van der Waals surface area contributed by atoms with E-state index in [1.54, 1.807) is 4.90 Å². The van der Waals surface area contributed by atoms with Crippen molar-refractivity contribution in [3.05, 3.63) is 0 Å². The molecule has 1 amide bonds. The van der Waals surface area contributed by atoms with Crippen molar-refractivity contribution >= 4 is 12.4 Å². The van der Waals surface area contributed by atoms with Crippen LogP contribution in [0.15, 0.2) is 0 Å². The number of carbonyl (C=O) groups excluding carboxylic acids is 2. The highest BCUT2D eigenvalue weighted by Gasteiger charge is 2.25. The predicted octanol–water partition coefficient (Wildman–Crippen LogP) is 1.76. The van der Waals surface area contributed by atoms with E-state index in [-0.39, 0.29) is 12.0 Å². The smallest absolute Gasteiger partial charge is 0.410 e. The van der Waals surface area contributed by atoms with Crippen molar-refractivity contribution < 1.29 is 14.3 Å². The first-order valence-electron chi connectivity index (χ1n) is 6.97.